The third kappa shape index (κ3) is 4.13. The second-order valence-corrected chi connectivity index (χ2v) is 9.61. The van der Waals surface area contributed by atoms with Crippen LogP contribution >= 0.6 is 0 Å². The molecule has 5 heterocycles. The van der Waals surface area contributed by atoms with Crippen molar-refractivity contribution in [1.29, 1.82) is 0 Å². The van der Waals surface area contributed by atoms with Crippen LogP contribution in [-0.4, -0.2) is 46.1 Å². The smallest absolute Gasteiger partial charge is 0.227 e. The van der Waals surface area contributed by atoms with Crippen LogP contribution in [0.3, 0.4) is 0 Å². The third-order valence-electron chi connectivity index (χ3n) is 7.00. The molecule has 1 saturated carbocycles. The number of benzene rings is 1. The van der Waals surface area contributed by atoms with E-state index < -0.39 is 5.82 Å². The van der Waals surface area contributed by atoms with Gasteiger partial charge in [-0.15, -0.1) is 0 Å². The summed E-state index contributed by atoms with van der Waals surface area (Å²) in [5.41, 5.74) is 6.02. The highest BCUT2D eigenvalue weighted by atomic mass is 19.1. The summed E-state index contributed by atoms with van der Waals surface area (Å²) in [5.74, 6) is -0.200. The van der Waals surface area contributed by atoms with E-state index in [1.165, 1.54) is 12.1 Å². The normalized spacial score (nSPS) is 13.6. The number of carbonyl (C=O) groups is 1. The standard InChI is InChI=1S/C28H21FN8O2/c29-17-6-15(8-19(38)9-17)20-12-31-13-23-24(20)35-27(34-23)26-25-22(36-37-26)5-4-21(33-25)16-7-18(11-30-10-16)32-28(39)14-2-1-3-14/h4-14,38H,1-3H2,(H,32,39)(H,34,35)(H,36,37). The van der Waals surface area contributed by atoms with Gasteiger partial charge < -0.3 is 15.4 Å². The van der Waals surface area contributed by atoms with Gasteiger partial charge in [0, 0.05) is 35.5 Å². The number of fused-ring (bicyclic) bond motifs is 2. The molecular weight excluding hydrogens is 499 g/mol. The van der Waals surface area contributed by atoms with Crippen LogP contribution in [0.2, 0.25) is 0 Å². The van der Waals surface area contributed by atoms with Gasteiger partial charge in [-0.2, -0.15) is 5.10 Å². The summed E-state index contributed by atoms with van der Waals surface area (Å²) in [4.78, 5) is 33.7. The predicted molar refractivity (Wildman–Crippen MR) is 143 cm³/mol. The molecule has 192 valence electrons. The molecule has 1 fully saturated rings. The topological polar surface area (TPSA) is 145 Å². The SMILES string of the molecule is O=C(Nc1cncc(-c2ccc3[nH]nc(-c4nc5c(-c6cc(O)cc(F)c6)cncc5[nH]4)c3n2)c1)C1CCC1. The number of phenols is 1. The Morgan fingerprint density at radius 3 is 2.64 bits per heavy atom. The van der Waals surface area contributed by atoms with E-state index in [9.17, 15) is 14.3 Å². The summed E-state index contributed by atoms with van der Waals surface area (Å²) in [6, 6.07) is 9.40. The van der Waals surface area contributed by atoms with Gasteiger partial charge in [0.25, 0.3) is 0 Å². The van der Waals surface area contributed by atoms with Crippen LogP contribution in [0.25, 0.3) is 56.0 Å². The average molecular weight is 521 g/mol. The lowest BCUT2D eigenvalue weighted by atomic mass is 9.85. The molecule has 0 saturated heterocycles. The number of aromatic hydroxyl groups is 1. The number of rotatable bonds is 5. The van der Waals surface area contributed by atoms with Gasteiger partial charge in [-0.05, 0) is 48.7 Å². The molecule has 0 radical (unpaired) electrons. The fourth-order valence-corrected chi connectivity index (χ4v) is 4.77. The molecule has 1 aliphatic rings. The van der Waals surface area contributed by atoms with E-state index in [0.29, 0.717) is 56.1 Å². The zero-order valence-electron chi connectivity index (χ0n) is 20.4. The number of nitrogens with zero attached hydrogens (tertiary/aromatic N) is 5. The number of nitrogens with one attached hydrogen (secondary N) is 3. The highest BCUT2D eigenvalue weighted by molar-refractivity contribution is 5.96. The minimum Gasteiger partial charge on any atom is -0.508 e. The number of halogens is 1. The van der Waals surface area contributed by atoms with E-state index in [4.69, 9.17) is 9.97 Å². The predicted octanol–water partition coefficient (Wildman–Crippen LogP) is 5.21. The number of aromatic amines is 2. The Labute approximate surface area is 220 Å². The van der Waals surface area contributed by atoms with Gasteiger partial charge >= 0.3 is 0 Å². The second-order valence-electron chi connectivity index (χ2n) is 9.61. The molecule has 1 aromatic carbocycles. The number of phenolic OH excluding ortho intramolecular Hbond substituents is 1. The first-order valence-corrected chi connectivity index (χ1v) is 12.5. The lowest BCUT2D eigenvalue weighted by molar-refractivity contribution is -0.122. The minimum absolute atomic E-state index is 0.0212. The maximum Gasteiger partial charge on any atom is 0.227 e. The molecule has 6 aromatic rings. The van der Waals surface area contributed by atoms with Gasteiger partial charge in [0.15, 0.2) is 11.5 Å². The van der Waals surface area contributed by atoms with E-state index in [0.717, 1.165) is 30.9 Å². The first-order chi connectivity index (χ1) is 19.0. The average Bonchev–Trinajstić information content (AvgIpc) is 3.50. The number of H-pyrrole nitrogens is 2. The summed E-state index contributed by atoms with van der Waals surface area (Å²) in [5, 5.41) is 20.3. The third-order valence-corrected chi connectivity index (χ3v) is 7.00. The lowest BCUT2D eigenvalue weighted by Gasteiger charge is -2.24. The fraction of sp³-hybridized carbons (Fsp3) is 0.143. The van der Waals surface area contributed by atoms with Crippen LogP contribution < -0.4 is 5.32 Å². The quantitative estimate of drug-likeness (QED) is 0.244. The minimum atomic E-state index is -0.561. The Morgan fingerprint density at radius 2 is 1.82 bits per heavy atom. The van der Waals surface area contributed by atoms with Crippen molar-refractivity contribution < 1.29 is 14.3 Å². The van der Waals surface area contributed by atoms with E-state index in [1.54, 1.807) is 24.8 Å². The molecule has 11 heteroatoms. The number of amides is 1. The Bertz CT molecular complexity index is 1870. The highest BCUT2D eigenvalue weighted by Gasteiger charge is 2.25. The molecule has 1 aliphatic carbocycles. The Kier molecular flexibility index (Phi) is 5.29. The van der Waals surface area contributed by atoms with Gasteiger partial charge in [-0.25, -0.2) is 14.4 Å². The molecule has 7 rings (SSSR count). The number of pyridine rings is 3. The molecule has 39 heavy (non-hydrogen) atoms. The molecular formula is C28H21FN8O2. The van der Waals surface area contributed by atoms with Crippen molar-refractivity contribution >= 4 is 33.7 Å². The van der Waals surface area contributed by atoms with Crippen LogP contribution in [-0.2, 0) is 4.79 Å². The molecule has 4 N–H and O–H groups in total. The second kappa shape index (κ2) is 8.98. The first-order valence-electron chi connectivity index (χ1n) is 12.5. The van der Waals surface area contributed by atoms with Crippen LogP contribution in [0, 0.1) is 11.7 Å². The molecule has 5 aromatic heterocycles. The lowest BCUT2D eigenvalue weighted by Crippen LogP contribution is -2.28. The largest absolute Gasteiger partial charge is 0.508 e. The van der Waals surface area contributed by atoms with Gasteiger partial charge in [-0.3, -0.25) is 19.9 Å². The van der Waals surface area contributed by atoms with Gasteiger partial charge in [0.2, 0.25) is 5.91 Å². The fourth-order valence-electron chi connectivity index (χ4n) is 4.77. The van der Waals surface area contributed by atoms with Crippen LogP contribution in [0.1, 0.15) is 19.3 Å². The Balaban J connectivity index is 1.27. The molecule has 0 spiro atoms. The zero-order chi connectivity index (χ0) is 26.5. The van der Waals surface area contributed by atoms with Crippen molar-refractivity contribution in [3.8, 4) is 39.7 Å². The van der Waals surface area contributed by atoms with Crippen molar-refractivity contribution in [3.05, 3.63) is 67.0 Å². The molecule has 1 amide bonds. The number of aromatic nitrogens is 7. The van der Waals surface area contributed by atoms with Crippen LogP contribution in [0.5, 0.6) is 5.75 Å². The number of imidazole rings is 1. The molecule has 0 aliphatic heterocycles. The van der Waals surface area contributed by atoms with Crippen molar-refractivity contribution in [1.82, 2.24) is 35.1 Å². The van der Waals surface area contributed by atoms with Gasteiger partial charge in [0.1, 0.15) is 17.1 Å². The summed E-state index contributed by atoms with van der Waals surface area (Å²) in [6.07, 6.45) is 9.45. The zero-order valence-corrected chi connectivity index (χ0v) is 20.4. The van der Waals surface area contributed by atoms with E-state index in [-0.39, 0.29) is 17.6 Å². The number of carbonyl (C=O) groups excluding carboxylic acids is 1. The molecule has 0 unspecified atom stereocenters. The van der Waals surface area contributed by atoms with Crippen molar-refractivity contribution in [3.63, 3.8) is 0 Å². The van der Waals surface area contributed by atoms with Crippen molar-refractivity contribution in [2.45, 2.75) is 19.3 Å². The van der Waals surface area contributed by atoms with E-state index >= 15 is 0 Å². The summed E-state index contributed by atoms with van der Waals surface area (Å²) >= 11 is 0. The summed E-state index contributed by atoms with van der Waals surface area (Å²) in [7, 11) is 0. The first kappa shape index (κ1) is 23.0. The van der Waals surface area contributed by atoms with E-state index in [2.05, 4.69) is 30.5 Å². The van der Waals surface area contributed by atoms with Crippen LogP contribution in [0.15, 0.2) is 61.2 Å². The summed E-state index contributed by atoms with van der Waals surface area (Å²) < 4.78 is 14.0. The van der Waals surface area contributed by atoms with E-state index in [1.807, 2.05) is 18.2 Å². The number of hydrogen-bond donors (Lipinski definition) is 4. The van der Waals surface area contributed by atoms with Gasteiger partial charge in [0.05, 0.1) is 40.3 Å². The number of hydrogen-bond acceptors (Lipinski definition) is 7. The number of anilines is 1. The summed E-state index contributed by atoms with van der Waals surface area (Å²) in [6.45, 7) is 0. The maximum absolute atomic E-state index is 14.0. The molecule has 10 nitrogen and oxygen atoms in total. The molecule has 0 atom stereocenters. The Morgan fingerprint density at radius 1 is 0.949 bits per heavy atom. The highest BCUT2D eigenvalue weighted by Crippen LogP contribution is 2.33. The van der Waals surface area contributed by atoms with Gasteiger partial charge in [-0.1, -0.05) is 6.42 Å². The maximum atomic E-state index is 14.0. The van der Waals surface area contributed by atoms with Crippen molar-refractivity contribution in [2.24, 2.45) is 5.92 Å². The van der Waals surface area contributed by atoms with Crippen molar-refractivity contribution in [2.75, 3.05) is 5.32 Å². The monoisotopic (exact) mass is 520 g/mol. The Hall–Kier alpha value is -5.19. The molecule has 0 bridgehead atoms. The van der Waals surface area contributed by atoms with Crippen LogP contribution in [0.4, 0.5) is 10.1 Å².